The minimum absolute atomic E-state index is 0.268. The maximum atomic E-state index is 12.0. The predicted molar refractivity (Wildman–Crippen MR) is 188 cm³/mol. The summed E-state index contributed by atoms with van der Waals surface area (Å²) in [6.45, 7) is 16.5. The molecule has 2 saturated carbocycles. The van der Waals surface area contributed by atoms with Crippen LogP contribution >= 0.6 is 15.9 Å². The van der Waals surface area contributed by atoms with Crippen LogP contribution in [0.5, 0.6) is 0 Å². The number of nitrogens with zero attached hydrogens (tertiary/aromatic N) is 5. The number of fused-ring (bicyclic) bond motifs is 3. The van der Waals surface area contributed by atoms with Crippen LogP contribution in [-0.4, -0.2) is 75.5 Å². The van der Waals surface area contributed by atoms with Crippen LogP contribution in [0.15, 0.2) is 29.0 Å². The van der Waals surface area contributed by atoms with Crippen LogP contribution in [0, 0.1) is 11.8 Å². The number of esters is 1. The number of aromatic nitrogens is 4. The van der Waals surface area contributed by atoms with E-state index in [1.807, 2.05) is 16.8 Å². The number of pyridine rings is 1. The number of halogens is 1. The molecule has 3 heterocycles. The zero-order valence-corrected chi connectivity index (χ0v) is 31.7. The van der Waals surface area contributed by atoms with E-state index in [4.69, 9.17) is 24.3 Å². The van der Waals surface area contributed by atoms with Gasteiger partial charge in [-0.3, -0.25) is 0 Å². The maximum Gasteiger partial charge on any atom is 0.356 e. The van der Waals surface area contributed by atoms with Crippen molar-refractivity contribution in [2.75, 3.05) is 38.7 Å². The molecule has 0 aliphatic heterocycles. The summed E-state index contributed by atoms with van der Waals surface area (Å²) in [7, 11) is -1.13. The Bertz CT molecular complexity index is 1440. The van der Waals surface area contributed by atoms with Gasteiger partial charge in [-0.25, -0.2) is 14.8 Å². The fourth-order valence-corrected chi connectivity index (χ4v) is 8.84. The molecule has 5 rings (SSSR count). The van der Waals surface area contributed by atoms with Crippen LogP contribution in [0.1, 0.15) is 54.2 Å². The number of hydrogen-bond donors (Lipinski definition) is 0. The van der Waals surface area contributed by atoms with Gasteiger partial charge in [0.15, 0.2) is 11.5 Å². The van der Waals surface area contributed by atoms with Gasteiger partial charge in [-0.05, 0) is 65.2 Å². The number of hydrogen-bond acceptors (Lipinski definition) is 8. The molecule has 1 unspecified atom stereocenters. The lowest BCUT2D eigenvalue weighted by molar-refractivity contribution is 0.0594. The number of methoxy groups -OCH3 is 1. The Hall–Kier alpha value is -2.13. The van der Waals surface area contributed by atoms with E-state index in [1.165, 1.54) is 26.4 Å². The molecule has 246 valence electrons. The monoisotopic (exact) mass is 715 g/mol. The molecular weight excluding hydrogens is 666 g/mol. The van der Waals surface area contributed by atoms with Gasteiger partial charge in [-0.1, -0.05) is 58.2 Å². The minimum atomic E-state index is -1.24. The highest BCUT2D eigenvalue weighted by Gasteiger charge is 2.37. The van der Waals surface area contributed by atoms with Gasteiger partial charge in [0.25, 0.3) is 0 Å². The number of carbonyl (C=O) groups excluding carboxylic acids is 1. The standard InChI is InChI=1S/C33H50BrN5O4Si2/c1-41-33(40)28-11-10-25(19-35-28)27-20-36-39-31(27)37-30(26-17-23-8-9-24(16-23)18-26)29(34)32(39)38(21-42-12-14-44(2,3)4)22-43-13-15-45(5,6)7/h10-11,19-20,23-24,26H,8-9,12-18,21-22H2,1-7H3/t23-,24+,26?. The van der Waals surface area contributed by atoms with Crippen LogP contribution in [0.3, 0.4) is 0 Å². The summed E-state index contributed by atoms with van der Waals surface area (Å²) in [5.74, 6) is 2.36. The zero-order chi connectivity index (χ0) is 32.4. The van der Waals surface area contributed by atoms with Gasteiger partial charge in [0.2, 0.25) is 0 Å². The molecule has 0 spiro atoms. The first-order valence-corrected chi connectivity index (χ1v) is 24.6. The highest BCUT2D eigenvalue weighted by atomic mass is 79.9. The Morgan fingerprint density at radius 3 is 2.11 bits per heavy atom. The van der Waals surface area contributed by atoms with E-state index in [9.17, 15) is 4.79 Å². The van der Waals surface area contributed by atoms with Gasteiger partial charge in [-0.2, -0.15) is 9.61 Å². The van der Waals surface area contributed by atoms with Crippen molar-refractivity contribution in [1.82, 2.24) is 19.6 Å². The normalized spacial score (nSPS) is 20.1. The SMILES string of the molecule is COC(=O)c1ccc(-c2cnn3c(N(COCC[Si](C)(C)C)COCC[Si](C)(C)C)c(Br)c(C4C[C@H]5CC[C@@H](C4)C5)nc23)cn1. The number of ether oxygens (including phenoxy) is 3. The second-order valence-electron chi connectivity index (χ2n) is 15.3. The average molecular weight is 717 g/mol. The lowest BCUT2D eigenvalue weighted by atomic mass is 9.79. The molecule has 3 aromatic rings. The van der Waals surface area contributed by atoms with Crippen molar-refractivity contribution < 1.29 is 19.0 Å². The second-order valence-corrected chi connectivity index (χ2v) is 27.3. The quantitative estimate of drug-likeness (QED) is 0.0717. The van der Waals surface area contributed by atoms with Crippen LogP contribution < -0.4 is 4.90 Å². The van der Waals surface area contributed by atoms with Crippen molar-refractivity contribution in [3.05, 3.63) is 40.4 Å². The maximum absolute atomic E-state index is 12.0. The molecule has 9 nitrogen and oxygen atoms in total. The molecule has 2 bridgehead atoms. The summed E-state index contributed by atoms with van der Waals surface area (Å²) in [6.07, 6.45) is 9.87. The van der Waals surface area contributed by atoms with Gasteiger partial charge in [-0.15, -0.1) is 0 Å². The Balaban J connectivity index is 1.55. The van der Waals surface area contributed by atoms with Gasteiger partial charge >= 0.3 is 5.97 Å². The van der Waals surface area contributed by atoms with E-state index in [-0.39, 0.29) is 5.69 Å². The minimum Gasteiger partial charge on any atom is -0.464 e. The first-order chi connectivity index (χ1) is 21.3. The molecule has 12 heteroatoms. The first-order valence-electron chi connectivity index (χ1n) is 16.4. The molecule has 3 aromatic heterocycles. The molecule has 2 aliphatic rings. The van der Waals surface area contributed by atoms with Crippen LogP contribution in [-0.2, 0) is 14.2 Å². The van der Waals surface area contributed by atoms with Crippen molar-refractivity contribution in [2.45, 2.75) is 89.4 Å². The van der Waals surface area contributed by atoms with E-state index in [2.05, 4.69) is 65.1 Å². The Labute approximate surface area is 278 Å². The van der Waals surface area contributed by atoms with Gasteiger partial charge in [0.1, 0.15) is 19.2 Å². The summed E-state index contributed by atoms with van der Waals surface area (Å²) in [6, 6.07) is 5.77. The Morgan fingerprint density at radius 1 is 0.956 bits per heavy atom. The molecule has 0 aromatic carbocycles. The van der Waals surface area contributed by atoms with E-state index >= 15 is 0 Å². The van der Waals surface area contributed by atoms with Gasteiger partial charge in [0.05, 0.1) is 23.5 Å². The number of rotatable bonds is 14. The number of anilines is 1. The van der Waals surface area contributed by atoms with Crippen LogP contribution in [0.2, 0.25) is 51.4 Å². The average Bonchev–Trinajstić information content (AvgIpc) is 3.56. The fraction of sp³-hybridized carbons (Fsp3) is 0.636. The smallest absolute Gasteiger partial charge is 0.356 e. The van der Waals surface area contributed by atoms with Crippen LogP contribution in [0.25, 0.3) is 16.8 Å². The topological polar surface area (TPSA) is 91.1 Å². The van der Waals surface area contributed by atoms with E-state index in [0.29, 0.717) is 32.6 Å². The van der Waals surface area contributed by atoms with E-state index in [1.54, 1.807) is 12.3 Å². The summed E-state index contributed by atoms with van der Waals surface area (Å²) >= 11 is 4.05. The third-order valence-corrected chi connectivity index (χ3v) is 13.3. The molecule has 0 radical (unpaired) electrons. The second kappa shape index (κ2) is 14.3. The third-order valence-electron chi connectivity index (χ3n) is 9.12. The lowest BCUT2D eigenvalue weighted by Crippen LogP contribution is -2.34. The van der Waals surface area contributed by atoms with Crippen LogP contribution in [0.4, 0.5) is 5.82 Å². The van der Waals surface area contributed by atoms with Crippen molar-refractivity contribution in [3.8, 4) is 11.1 Å². The largest absolute Gasteiger partial charge is 0.464 e. The first kappa shape index (κ1) is 34.2. The lowest BCUT2D eigenvalue weighted by Gasteiger charge is -2.31. The summed E-state index contributed by atoms with van der Waals surface area (Å²) in [5.41, 5.74) is 3.83. The predicted octanol–water partition coefficient (Wildman–Crippen LogP) is 8.07. The molecule has 2 aliphatic carbocycles. The third kappa shape index (κ3) is 8.62. The fourth-order valence-electron chi connectivity index (χ4n) is 6.50. The van der Waals surface area contributed by atoms with Crippen molar-refractivity contribution >= 4 is 49.5 Å². The van der Waals surface area contributed by atoms with E-state index in [0.717, 1.165) is 69.5 Å². The molecule has 0 saturated heterocycles. The molecular formula is C33H50BrN5O4Si2. The molecule has 0 N–H and O–H groups in total. The van der Waals surface area contributed by atoms with Crippen molar-refractivity contribution in [2.24, 2.45) is 11.8 Å². The van der Waals surface area contributed by atoms with Gasteiger partial charge in [0, 0.05) is 52.6 Å². The zero-order valence-electron chi connectivity index (χ0n) is 28.1. The highest BCUT2D eigenvalue weighted by Crippen LogP contribution is 2.50. The van der Waals surface area contributed by atoms with Crippen molar-refractivity contribution in [3.63, 3.8) is 0 Å². The Morgan fingerprint density at radius 2 is 1.58 bits per heavy atom. The van der Waals surface area contributed by atoms with Gasteiger partial charge < -0.3 is 19.1 Å². The number of carbonyl (C=O) groups is 1. The molecule has 0 amide bonds. The highest BCUT2D eigenvalue weighted by molar-refractivity contribution is 9.10. The van der Waals surface area contributed by atoms with E-state index < -0.39 is 22.1 Å². The summed E-state index contributed by atoms with van der Waals surface area (Å²) < 4.78 is 20.4. The van der Waals surface area contributed by atoms with Crippen molar-refractivity contribution in [1.29, 1.82) is 0 Å². The molecule has 3 atom stereocenters. The summed E-state index contributed by atoms with van der Waals surface area (Å²) in [5, 5.41) is 4.88. The summed E-state index contributed by atoms with van der Waals surface area (Å²) in [4.78, 5) is 23.9. The Kier molecular flexibility index (Phi) is 10.9. The molecule has 45 heavy (non-hydrogen) atoms. The molecule has 2 fully saturated rings.